The summed E-state index contributed by atoms with van der Waals surface area (Å²) in [5.41, 5.74) is 1.81. The van der Waals surface area contributed by atoms with Crippen LogP contribution >= 0.6 is 0 Å². The highest BCUT2D eigenvalue weighted by Gasteiger charge is 2.34. The van der Waals surface area contributed by atoms with Gasteiger partial charge in [0.25, 0.3) is 0 Å². The van der Waals surface area contributed by atoms with Gasteiger partial charge in [-0.05, 0) is 12.1 Å². The number of benzene rings is 2. The van der Waals surface area contributed by atoms with Gasteiger partial charge in [-0.25, -0.2) is 0 Å². The number of hydrogen-bond acceptors (Lipinski definition) is 2. The summed E-state index contributed by atoms with van der Waals surface area (Å²) in [6, 6.07) is 17.4. The van der Waals surface area contributed by atoms with Crippen LogP contribution in [0.2, 0.25) is 0 Å². The summed E-state index contributed by atoms with van der Waals surface area (Å²) in [6.07, 6.45) is -0.360. The summed E-state index contributed by atoms with van der Waals surface area (Å²) >= 11 is 0. The van der Waals surface area contributed by atoms with Crippen LogP contribution in [0.3, 0.4) is 0 Å². The molecule has 0 spiro atoms. The summed E-state index contributed by atoms with van der Waals surface area (Å²) < 4.78 is 5.87. The number of carbonyl (C=O) groups excluding carboxylic acids is 1. The third-order valence-corrected chi connectivity index (χ3v) is 3.02. The standard InChI is InChI=1S/C15H13NO2/c1-11(17)16-13-9-5-6-10-14(13)18-15(16)12-7-3-2-4-8-12/h2-10,15H,1H3/t15-/m0/s1. The number of nitrogens with zero attached hydrogens (tertiary/aromatic N) is 1. The van der Waals surface area contributed by atoms with Crippen LogP contribution in [0.15, 0.2) is 54.6 Å². The van der Waals surface area contributed by atoms with Crippen LogP contribution in [0.1, 0.15) is 18.7 Å². The molecule has 3 heteroatoms. The lowest BCUT2D eigenvalue weighted by Crippen LogP contribution is -2.31. The number of fused-ring (bicyclic) bond motifs is 1. The Morgan fingerprint density at radius 1 is 1.06 bits per heavy atom. The first-order valence-corrected chi connectivity index (χ1v) is 5.88. The quantitative estimate of drug-likeness (QED) is 0.765. The molecule has 90 valence electrons. The van der Waals surface area contributed by atoms with E-state index in [0.717, 1.165) is 17.0 Å². The molecule has 0 saturated carbocycles. The molecule has 18 heavy (non-hydrogen) atoms. The van der Waals surface area contributed by atoms with Crippen molar-refractivity contribution in [2.75, 3.05) is 4.90 Å². The molecule has 2 aromatic rings. The number of ether oxygens (including phenoxy) is 1. The van der Waals surface area contributed by atoms with Gasteiger partial charge >= 0.3 is 0 Å². The fourth-order valence-corrected chi connectivity index (χ4v) is 2.22. The van der Waals surface area contributed by atoms with E-state index in [2.05, 4.69) is 0 Å². The van der Waals surface area contributed by atoms with Crippen LogP contribution in [0, 0.1) is 0 Å². The zero-order valence-electron chi connectivity index (χ0n) is 10.0. The van der Waals surface area contributed by atoms with Gasteiger partial charge in [0.2, 0.25) is 12.1 Å². The van der Waals surface area contributed by atoms with Crippen LogP contribution in [0.4, 0.5) is 5.69 Å². The smallest absolute Gasteiger partial charge is 0.227 e. The lowest BCUT2D eigenvalue weighted by Gasteiger charge is -2.22. The van der Waals surface area contributed by atoms with Crippen molar-refractivity contribution < 1.29 is 9.53 Å². The molecule has 0 N–H and O–H groups in total. The van der Waals surface area contributed by atoms with E-state index >= 15 is 0 Å². The van der Waals surface area contributed by atoms with Gasteiger partial charge in [-0.2, -0.15) is 0 Å². The van der Waals surface area contributed by atoms with Crippen LogP contribution in [-0.2, 0) is 4.79 Å². The molecule has 3 nitrogen and oxygen atoms in total. The molecule has 0 fully saturated rings. The maximum Gasteiger partial charge on any atom is 0.227 e. The molecule has 1 heterocycles. The number of rotatable bonds is 1. The molecule has 0 bridgehead atoms. The minimum Gasteiger partial charge on any atom is -0.464 e. The second-order valence-electron chi connectivity index (χ2n) is 4.24. The molecule has 0 unspecified atom stereocenters. The molecule has 1 aliphatic heterocycles. The third kappa shape index (κ3) is 1.64. The SMILES string of the molecule is CC(=O)N1c2ccccc2O[C@H]1c1ccccc1. The Labute approximate surface area is 106 Å². The lowest BCUT2D eigenvalue weighted by molar-refractivity contribution is -0.117. The van der Waals surface area contributed by atoms with Crippen molar-refractivity contribution >= 4 is 11.6 Å². The van der Waals surface area contributed by atoms with Gasteiger partial charge in [-0.3, -0.25) is 9.69 Å². The Balaban J connectivity index is 2.06. The Kier molecular flexibility index (Phi) is 2.52. The summed E-state index contributed by atoms with van der Waals surface area (Å²) in [4.78, 5) is 13.5. The Bertz CT molecular complexity index is 580. The van der Waals surface area contributed by atoms with Crippen LogP contribution in [-0.4, -0.2) is 5.91 Å². The Morgan fingerprint density at radius 2 is 1.72 bits per heavy atom. The minimum atomic E-state index is -0.360. The molecule has 1 amide bonds. The topological polar surface area (TPSA) is 29.5 Å². The van der Waals surface area contributed by atoms with Crippen molar-refractivity contribution in [2.45, 2.75) is 13.2 Å². The molecule has 3 rings (SSSR count). The average Bonchev–Trinajstić information content (AvgIpc) is 2.79. The Morgan fingerprint density at radius 3 is 2.44 bits per heavy atom. The van der Waals surface area contributed by atoms with Crippen LogP contribution in [0.25, 0.3) is 0 Å². The Hall–Kier alpha value is -2.29. The van der Waals surface area contributed by atoms with Crippen LogP contribution < -0.4 is 9.64 Å². The fraction of sp³-hybridized carbons (Fsp3) is 0.133. The molecule has 1 aliphatic rings. The van der Waals surface area contributed by atoms with Gasteiger partial charge in [0.05, 0.1) is 5.69 Å². The summed E-state index contributed by atoms with van der Waals surface area (Å²) in [5, 5.41) is 0. The summed E-state index contributed by atoms with van der Waals surface area (Å²) in [7, 11) is 0. The first-order chi connectivity index (χ1) is 8.77. The van der Waals surface area contributed by atoms with E-state index in [9.17, 15) is 4.79 Å². The number of amides is 1. The van der Waals surface area contributed by atoms with Crippen LogP contribution in [0.5, 0.6) is 5.75 Å². The zero-order chi connectivity index (χ0) is 12.5. The van der Waals surface area contributed by atoms with Crippen molar-refractivity contribution in [3.63, 3.8) is 0 Å². The largest absolute Gasteiger partial charge is 0.464 e. The maximum absolute atomic E-state index is 11.8. The third-order valence-electron chi connectivity index (χ3n) is 3.02. The van der Waals surface area contributed by atoms with E-state index < -0.39 is 0 Å². The second-order valence-corrected chi connectivity index (χ2v) is 4.24. The zero-order valence-corrected chi connectivity index (χ0v) is 10.0. The number of para-hydroxylation sites is 2. The molecule has 0 radical (unpaired) electrons. The summed E-state index contributed by atoms with van der Waals surface area (Å²) in [6.45, 7) is 1.56. The normalized spacial score (nSPS) is 17.2. The first-order valence-electron chi connectivity index (χ1n) is 5.88. The van der Waals surface area contributed by atoms with Gasteiger partial charge in [0.15, 0.2) is 0 Å². The first kappa shape index (κ1) is 10.8. The fourth-order valence-electron chi connectivity index (χ4n) is 2.22. The number of carbonyl (C=O) groups is 1. The van der Waals surface area contributed by atoms with E-state index in [1.54, 1.807) is 11.8 Å². The van der Waals surface area contributed by atoms with Gasteiger partial charge < -0.3 is 4.74 Å². The van der Waals surface area contributed by atoms with E-state index in [0.29, 0.717) is 0 Å². The van der Waals surface area contributed by atoms with Gasteiger partial charge in [0.1, 0.15) is 5.75 Å². The maximum atomic E-state index is 11.8. The van der Waals surface area contributed by atoms with Crippen molar-refractivity contribution in [1.29, 1.82) is 0 Å². The lowest BCUT2D eigenvalue weighted by atomic mass is 10.2. The van der Waals surface area contributed by atoms with Crippen molar-refractivity contribution in [3.8, 4) is 5.75 Å². The molecule has 2 aromatic carbocycles. The van der Waals surface area contributed by atoms with E-state index in [-0.39, 0.29) is 12.1 Å². The highest BCUT2D eigenvalue weighted by molar-refractivity contribution is 5.95. The highest BCUT2D eigenvalue weighted by Crippen LogP contribution is 2.42. The highest BCUT2D eigenvalue weighted by atomic mass is 16.5. The van der Waals surface area contributed by atoms with Crippen molar-refractivity contribution in [3.05, 3.63) is 60.2 Å². The van der Waals surface area contributed by atoms with Gasteiger partial charge in [0, 0.05) is 12.5 Å². The monoisotopic (exact) mass is 239 g/mol. The molecular weight excluding hydrogens is 226 g/mol. The average molecular weight is 239 g/mol. The van der Waals surface area contributed by atoms with E-state index in [4.69, 9.17) is 4.74 Å². The van der Waals surface area contributed by atoms with Gasteiger partial charge in [-0.15, -0.1) is 0 Å². The molecule has 1 atom stereocenters. The minimum absolute atomic E-state index is 0.0196. The van der Waals surface area contributed by atoms with E-state index in [1.165, 1.54) is 0 Å². The molecule has 0 saturated heterocycles. The predicted molar refractivity (Wildman–Crippen MR) is 69.4 cm³/mol. The van der Waals surface area contributed by atoms with E-state index in [1.807, 2.05) is 54.6 Å². The number of hydrogen-bond donors (Lipinski definition) is 0. The van der Waals surface area contributed by atoms with Crippen molar-refractivity contribution in [1.82, 2.24) is 0 Å². The van der Waals surface area contributed by atoms with Gasteiger partial charge in [-0.1, -0.05) is 42.5 Å². The summed E-state index contributed by atoms with van der Waals surface area (Å²) in [5.74, 6) is 0.732. The predicted octanol–water partition coefficient (Wildman–Crippen LogP) is 3.13. The second kappa shape index (κ2) is 4.18. The van der Waals surface area contributed by atoms with Crippen molar-refractivity contribution in [2.24, 2.45) is 0 Å². The molecule has 0 aliphatic carbocycles. The molecule has 0 aromatic heterocycles. The number of anilines is 1. The molecular formula is C15H13NO2.